The maximum Gasteiger partial charge on any atom is 0.0848 e. The van der Waals surface area contributed by atoms with Crippen LogP contribution in [0.1, 0.15) is 29.4 Å². The summed E-state index contributed by atoms with van der Waals surface area (Å²) in [6, 6.07) is 6.54. The van der Waals surface area contributed by atoms with E-state index in [9.17, 15) is 0 Å². The SMILES string of the molecule is Cc1cc(CC(C)N)ccc1-n1nc(C)c(Cl)c1C. The van der Waals surface area contributed by atoms with Crippen molar-refractivity contribution in [3.8, 4) is 5.69 Å². The fraction of sp³-hybridized carbons (Fsp3) is 0.400. The topological polar surface area (TPSA) is 43.8 Å². The van der Waals surface area contributed by atoms with Crippen molar-refractivity contribution in [3.63, 3.8) is 0 Å². The standard InChI is InChI=1S/C15H20ClN3/c1-9-7-13(8-10(2)17)5-6-14(9)19-12(4)15(16)11(3)18-19/h5-7,10H,8,17H2,1-4H3. The van der Waals surface area contributed by atoms with Gasteiger partial charge in [-0.15, -0.1) is 0 Å². The van der Waals surface area contributed by atoms with E-state index in [1.807, 2.05) is 25.5 Å². The van der Waals surface area contributed by atoms with Crippen LogP contribution in [0.15, 0.2) is 18.2 Å². The van der Waals surface area contributed by atoms with Crippen molar-refractivity contribution < 1.29 is 0 Å². The van der Waals surface area contributed by atoms with Gasteiger partial charge in [-0.05, 0) is 51.3 Å². The predicted molar refractivity (Wildman–Crippen MR) is 80.1 cm³/mol. The van der Waals surface area contributed by atoms with Gasteiger partial charge in [0.25, 0.3) is 0 Å². The highest BCUT2D eigenvalue weighted by Crippen LogP contribution is 2.24. The van der Waals surface area contributed by atoms with E-state index in [1.165, 1.54) is 11.1 Å². The summed E-state index contributed by atoms with van der Waals surface area (Å²) >= 11 is 6.20. The minimum Gasteiger partial charge on any atom is -0.328 e. The average Bonchev–Trinajstić information content (AvgIpc) is 2.56. The Morgan fingerprint density at radius 1 is 1.32 bits per heavy atom. The van der Waals surface area contributed by atoms with E-state index in [4.69, 9.17) is 17.3 Å². The molecule has 1 aromatic heterocycles. The molecule has 1 heterocycles. The molecule has 0 aliphatic rings. The van der Waals surface area contributed by atoms with Crippen LogP contribution < -0.4 is 5.73 Å². The number of aryl methyl sites for hydroxylation is 2. The second kappa shape index (κ2) is 5.35. The summed E-state index contributed by atoms with van der Waals surface area (Å²) in [6.07, 6.45) is 0.888. The van der Waals surface area contributed by atoms with Crippen molar-refractivity contribution in [2.45, 2.75) is 40.2 Å². The van der Waals surface area contributed by atoms with Gasteiger partial charge in [0.15, 0.2) is 0 Å². The molecule has 102 valence electrons. The smallest absolute Gasteiger partial charge is 0.0848 e. The Morgan fingerprint density at radius 2 is 2.00 bits per heavy atom. The Bertz CT molecular complexity index is 600. The van der Waals surface area contributed by atoms with Gasteiger partial charge in [-0.25, -0.2) is 4.68 Å². The van der Waals surface area contributed by atoms with Crippen LogP contribution in [0.25, 0.3) is 5.69 Å². The van der Waals surface area contributed by atoms with Gasteiger partial charge in [0.2, 0.25) is 0 Å². The fourth-order valence-corrected chi connectivity index (χ4v) is 2.43. The van der Waals surface area contributed by atoms with Gasteiger partial charge in [-0.3, -0.25) is 0 Å². The van der Waals surface area contributed by atoms with Gasteiger partial charge in [0, 0.05) is 6.04 Å². The van der Waals surface area contributed by atoms with Crippen LogP contribution in [0.4, 0.5) is 0 Å². The largest absolute Gasteiger partial charge is 0.328 e. The Kier molecular flexibility index (Phi) is 3.97. The van der Waals surface area contributed by atoms with E-state index in [-0.39, 0.29) is 6.04 Å². The zero-order valence-electron chi connectivity index (χ0n) is 11.9. The average molecular weight is 278 g/mol. The van der Waals surface area contributed by atoms with Gasteiger partial charge in [0.1, 0.15) is 0 Å². The van der Waals surface area contributed by atoms with Crippen molar-refractivity contribution in [3.05, 3.63) is 45.7 Å². The second-order valence-corrected chi connectivity index (χ2v) is 5.58. The summed E-state index contributed by atoms with van der Waals surface area (Å²) in [4.78, 5) is 0. The van der Waals surface area contributed by atoms with E-state index in [2.05, 4.69) is 30.2 Å². The molecule has 2 N–H and O–H groups in total. The first kappa shape index (κ1) is 14.1. The summed E-state index contributed by atoms with van der Waals surface area (Å²) < 4.78 is 1.91. The number of nitrogens with two attached hydrogens (primary N) is 1. The minimum absolute atomic E-state index is 0.174. The van der Waals surface area contributed by atoms with Crippen molar-refractivity contribution in [1.29, 1.82) is 0 Å². The molecule has 2 aromatic rings. The Labute approximate surface area is 119 Å². The minimum atomic E-state index is 0.174. The van der Waals surface area contributed by atoms with Crippen molar-refractivity contribution in [2.75, 3.05) is 0 Å². The molecule has 2 rings (SSSR count). The first-order chi connectivity index (χ1) is 8.90. The zero-order valence-corrected chi connectivity index (χ0v) is 12.6. The van der Waals surface area contributed by atoms with Crippen LogP contribution in [-0.4, -0.2) is 15.8 Å². The third-order valence-corrected chi connectivity index (χ3v) is 3.80. The van der Waals surface area contributed by atoms with Crippen LogP contribution in [0.2, 0.25) is 5.02 Å². The highest BCUT2D eigenvalue weighted by molar-refractivity contribution is 6.31. The van der Waals surface area contributed by atoms with Gasteiger partial charge in [0.05, 0.1) is 22.1 Å². The summed E-state index contributed by atoms with van der Waals surface area (Å²) in [5.74, 6) is 0. The van der Waals surface area contributed by atoms with Crippen LogP contribution >= 0.6 is 11.6 Å². The lowest BCUT2D eigenvalue weighted by molar-refractivity contribution is 0.736. The maximum atomic E-state index is 6.20. The molecule has 19 heavy (non-hydrogen) atoms. The zero-order chi connectivity index (χ0) is 14.2. The number of benzene rings is 1. The Balaban J connectivity index is 2.43. The van der Waals surface area contributed by atoms with Gasteiger partial charge in [-0.1, -0.05) is 23.7 Å². The number of hydrogen-bond acceptors (Lipinski definition) is 2. The molecule has 4 heteroatoms. The molecule has 0 radical (unpaired) electrons. The van der Waals surface area contributed by atoms with E-state index >= 15 is 0 Å². The lowest BCUT2D eigenvalue weighted by atomic mass is 10.0. The van der Waals surface area contributed by atoms with Gasteiger partial charge in [-0.2, -0.15) is 5.10 Å². The monoisotopic (exact) mass is 277 g/mol. The summed E-state index contributed by atoms with van der Waals surface area (Å²) in [6.45, 7) is 8.01. The Morgan fingerprint density at radius 3 is 2.47 bits per heavy atom. The fourth-order valence-electron chi connectivity index (χ4n) is 2.31. The molecule has 3 nitrogen and oxygen atoms in total. The lowest BCUT2D eigenvalue weighted by Gasteiger charge is -2.11. The number of hydrogen-bond donors (Lipinski definition) is 1. The molecule has 0 saturated heterocycles. The maximum absolute atomic E-state index is 6.20. The third kappa shape index (κ3) is 2.82. The lowest BCUT2D eigenvalue weighted by Crippen LogP contribution is -2.17. The highest BCUT2D eigenvalue weighted by atomic mass is 35.5. The molecule has 0 amide bonds. The molecule has 0 fully saturated rings. The number of aromatic nitrogens is 2. The first-order valence-corrected chi connectivity index (χ1v) is 6.85. The highest BCUT2D eigenvalue weighted by Gasteiger charge is 2.12. The molecule has 0 spiro atoms. The van der Waals surface area contributed by atoms with Crippen molar-refractivity contribution in [1.82, 2.24) is 9.78 Å². The van der Waals surface area contributed by atoms with E-state index in [0.29, 0.717) is 0 Å². The summed E-state index contributed by atoms with van der Waals surface area (Å²) in [7, 11) is 0. The molecule has 1 unspecified atom stereocenters. The summed E-state index contributed by atoms with van der Waals surface area (Å²) in [5.41, 5.74) is 11.2. The number of nitrogens with zero attached hydrogens (tertiary/aromatic N) is 2. The second-order valence-electron chi connectivity index (χ2n) is 5.20. The molecular weight excluding hydrogens is 258 g/mol. The molecule has 1 atom stereocenters. The van der Waals surface area contributed by atoms with E-state index in [1.54, 1.807) is 0 Å². The first-order valence-electron chi connectivity index (χ1n) is 6.47. The van der Waals surface area contributed by atoms with Crippen LogP contribution in [0, 0.1) is 20.8 Å². The Hall–Kier alpha value is -1.32. The molecule has 1 aromatic carbocycles. The van der Waals surface area contributed by atoms with Crippen LogP contribution in [0.5, 0.6) is 0 Å². The van der Waals surface area contributed by atoms with Crippen LogP contribution in [0.3, 0.4) is 0 Å². The molecule has 0 saturated carbocycles. The molecule has 0 aliphatic carbocycles. The van der Waals surface area contributed by atoms with Crippen molar-refractivity contribution >= 4 is 11.6 Å². The van der Waals surface area contributed by atoms with E-state index < -0.39 is 0 Å². The van der Waals surface area contributed by atoms with Gasteiger partial charge >= 0.3 is 0 Å². The number of halogens is 1. The predicted octanol–water partition coefficient (Wildman–Crippen LogP) is 3.34. The normalized spacial score (nSPS) is 12.7. The molecular formula is C15H20ClN3. The van der Waals surface area contributed by atoms with Crippen molar-refractivity contribution in [2.24, 2.45) is 5.73 Å². The number of rotatable bonds is 3. The quantitative estimate of drug-likeness (QED) is 0.935. The van der Waals surface area contributed by atoms with Gasteiger partial charge < -0.3 is 5.73 Å². The van der Waals surface area contributed by atoms with Crippen LogP contribution in [-0.2, 0) is 6.42 Å². The van der Waals surface area contributed by atoms with E-state index in [0.717, 1.165) is 28.5 Å². The summed E-state index contributed by atoms with van der Waals surface area (Å²) in [5, 5.41) is 5.23. The third-order valence-electron chi connectivity index (χ3n) is 3.25. The molecule has 0 aliphatic heterocycles. The molecule has 0 bridgehead atoms.